The molecule has 1 aliphatic carbocycles. The summed E-state index contributed by atoms with van der Waals surface area (Å²) in [7, 11) is 4.02. The standard InChI is InChI=1S/C20H31N3O/c1-21(2)19-11-6-8-17(16-19)20(24)23-13-7-12-22(14-15-23)18-9-4-3-5-10-18/h6,8,11,16,18H,3-5,7,9-10,12-15H2,1-2H3. The molecule has 1 saturated heterocycles. The number of hydrogen-bond acceptors (Lipinski definition) is 3. The lowest BCUT2D eigenvalue weighted by Gasteiger charge is -2.33. The van der Waals surface area contributed by atoms with Gasteiger partial charge in [-0.2, -0.15) is 0 Å². The molecule has 1 aliphatic heterocycles. The Morgan fingerprint density at radius 3 is 2.54 bits per heavy atom. The van der Waals surface area contributed by atoms with Gasteiger partial charge in [0.25, 0.3) is 5.91 Å². The van der Waals surface area contributed by atoms with Crippen molar-refractivity contribution in [2.75, 3.05) is 45.2 Å². The molecule has 0 spiro atoms. The van der Waals surface area contributed by atoms with Crippen molar-refractivity contribution in [3.8, 4) is 0 Å². The SMILES string of the molecule is CN(C)c1cccc(C(=O)N2CCCN(C3CCCCC3)CC2)c1. The van der Waals surface area contributed by atoms with Gasteiger partial charge >= 0.3 is 0 Å². The Balaban J connectivity index is 1.63. The van der Waals surface area contributed by atoms with Crippen molar-refractivity contribution in [3.63, 3.8) is 0 Å². The molecule has 0 N–H and O–H groups in total. The number of nitrogens with zero attached hydrogens (tertiary/aromatic N) is 3. The summed E-state index contributed by atoms with van der Waals surface area (Å²) in [5.74, 6) is 0.184. The van der Waals surface area contributed by atoms with Crippen LogP contribution in [0.25, 0.3) is 0 Å². The average Bonchev–Trinajstić information content (AvgIpc) is 2.88. The molecule has 2 aliphatic rings. The number of benzene rings is 1. The third kappa shape index (κ3) is 4.10. The Morgan fingerprint density at radius 2 is 1.79 bits per heavy atom. The van der Waals surface area contributed by atoms with E-state index in [1.807, 2.05) is 43.3 Å². The van der Waals surface area contributed by atoms with E-state index in [4.69, 9.17) is 0 Å². The minimum absolute atomic E-state index is 0.184. The molecule has 0 radical (unpaired) electrons. The number of anilines is 1. The van der Waals surface area contributed by atoms with Crippen LogP contribution in [0.5, 0.6) is 0 Å². The third-order valence-corrected chi connectivity index (χ3v) is 5.52. The van der Waals surface area contributed by atoms with Crippen LogP contribution in [0.1, 0.15) is 48.9 Å². The van der Waals surface area contributed by atoms with Crippen molar-refractivity contribution < 1.29 is 4.79 Å². The van der Waals surface area contributed by atoms with Crippen molar-refractivity contribution in [2.45, 2.75) is 44.6 Å². The Kier molecular flexibility index (Phi) is 5.77. The number of rotatable bonds is 3. The Bertz CT molecular complexity index is 552. The molecule has 1 saturated carbocycles. The van der Waals surface area contributed by atoms with Gasteiger partial charge in [-0.25, -0.2) is 0 Å². The minimum atomic E-state index is 0.184. The van der Waals surface area contributed by atoms with E-state index in [1.165, 1.54) is 32.1 Å². The summed E-state index contributed by atoms with van der Waals surface area (Å²) >= 11 is 0. The second kappa shape index (κ2) is 8.02. The van der Waals surface area contributed by atoms with E-state index in [1.54, 1.807) is 0 Å². The van der Waals surface area contributed by atoms with E-state index in [2.05, 4.69) is 9.80 Å². The number of carbonyl (C=O) groups excluding carboxylic acids is 1. The summed E-state index contributed by atoms with van der Waals surface area (Å²) in [6, 6.07) is 8.73. The first-order chi connectivity index (χ1) is 11.6. The molecule has 0 atom stereocenters. The van der Waals surface area contributed by atoms with Gasteiger partial charge < -0.3 is 9.80 Å². The monoisotopic (exact) mass is 329 g/mol. The summed E-state index contributed by atoms with van der Waals surface area (Å²) in [5, 5.41) is 0. The first-order valence-electron chi connectivity index (χ1n) is 9.46. The van der Waals surface area contributed by atoms with E-state index >= 15 is 0 Å². The maximum Gasteiger partial charge on any atom is 0.253 e. The summed E-state index contributed by atoms with van der Waals surface area (Å²) in [4.78, 5) is 19.6. The van der Waals surface area contributed by atoms with Gasteiger partial charge in [0.1, 0.15) is 0 Å². The van der Waals surface area contributed by atoms with Crippen LogP contribution in [-0.2, 0) is 0 Å². The normalized spacial score (nSPS) is 20.7. The fourth-order valence-electron chi connectivity index (χ4n) is 4.05. The zero-order valence-electron chi connectivity index (χ0n) is 15.2. The van der Waals surface area contributed by atoms with E-state index in [0.717, 1.165) is 49.9 Å². The van der Waals surface area contributed by atoms with Crippen molar-refractivity contribution >= 4 is 11.6 Å². The third-order valence-electron chi connectivity index (χ3n) is 5.52. The van der Waals surface area contributed by atoms with E-state index < -0.39 is 0 Å². The number of carbonyl (C=O) groups is 1. The molecule has 24 heavy (non-hydrogen) atoms. The molecule has 0 aromatic heterocycles. The molecule has 0 bridgehead atoms. The number of amides is 1. The Morgan fingerprint density at radius 1 is 1.00 bits per heavy atom. The van der Waals surface area contributed by atoms with E-state index in [0.29, 0.717) is 0 Å². The largest absolute Gasteiger partial charge is 0.378 e. The molecule has 4 heteroatoms. The summed E-state index contributed by atoms with van der Waals surface area (Å²) in [5.41, 5.74) is 1.90. The highest BCUT2D eigenvalue weighted by Gasteiger charge is 2.25. The first kappa shape index (κ1) is 17.3. The fraction of sp³-hybridized carbons (Fsp3) is 0.650. The van der Waals surface area contributed by atoms with Crippen LogP contribution < -0.4 is 4.90 Å². The lowest BCUT2D eigenvalue weighted by Crippen LogP contribution is -2.40. The van der Waals surface area contributed by atoms with Crippen molar-refractivity contribution in [1.82, 2.24) is 9.80 Å². The van der Waals surface area contributed by atoms with Gasteiger partial charge in [-0.15, -0.1) is 0 Å². The van der Waals surface area contributed by atoms with Crippen LogP contribution in [0.4, 0.5) is 5.69 Å². The van der Waals surface area contributed by atoms with Gasteiger partial charge in [-0.05, 0) is 37.5 Å². The Labute approximate surface area is 146 Å². The first-order valence-corrected chi connectivity index (χ1v) is 9.46. The lowest BCUT2D eigenvalue weighted by atomic mass is 9.94. The van der Waals surface area contributed by atoms with E-state index in [9.17, 15) is 4.79 Å². The molecule has 0 unspecified atom stereocenters. The van der Waals surface area contributed by atoms with Crippen LogP contribution in [-0.4, -0.2) is 62.0 Å². The minimum Gasteiger partial charge on any atom is -0.378 e. The van der Waals surface area contributed by atoms with Crippen molar-refractivity contribution in [2.24, 2.45) is 0 Å². The summed E-state index contributed by atoms with van der Waals surface area (Å²) in [6.45, 7) is 3.92. The quantitative estimate of drug-likeness (QED) is 0.852. The molecule has 4 nitrogen and oxygen atoms in total. The van der Waals surface area contributed by atoms with Gasteiger partial charge in [0, 0.05) is 57.6 Å². The fourth-order valence-corrected chi connectivity index (χ4v) is 4.05. The zero-order chi connectivity index (χ0) is 16.9. The summed E-state index contributed by atoms with van der Waals surface area (Å²) in [6.07, 6.45) is 7.94. The molecule has 3 rings (SSSR count). The highest BCUT2D eigenvalue weighted by atomic mass is 16.2. The number of hydrogen-bond donors (Lipinski definition) is 0. The van der Waals surface area contributed by atoms with Gasteiger partial charge in [0.2, 0.25) is 0 Å². The molecule has 132 valence electrons. The molecular weight excluding hydrogens is 298 g/mol. The average molecular weight is 329 g/mol. The topological polar surface area (TPSA) is 26.8 Å². The van der Waals surface area contributed by atoms with Crippen molar-refractivity contribution in [1.29, 1.82) is 0 Å². The molecule has 1 aromatic carbocycles. The predicted molar refractivity (Wildman–Crippen MR) is 99.7 cm³/mol. The van der Waals surface area contributed by atoms with Crippen LogP contribution in [0.3, 0.4) is 0 Å². The highest BCUT2D eigenvalue weighted by Crippen LogP contribution is 2.24. The molecule has 2 fully saturated rings. The van der Waals surface area contributed by atoms with Crippen LogP contribution in [0.15, 0.2) is 24.3 Å². The molecule has 1 heterocycles. The van der Waals surface area contributed by atoms with Crippen LogP contribution in [0.2, 0.25) is 0 Å². The van der Waals surface area contributed by atoms with Gasteiger partial charge in [0.15, 0.2) is 0 Å². The molecule has 1 aromatic rings. The lowest BCUT2D eigenvalue weighted by molar-refractivity contribution is 0.0755. The predicted octanol–water partition coefficient (Wildman–Crippen LogP) is 3.23. The molecule has 1 amide bonds. The van der Waals surface area contributed by atoms with Crippen LogP contribution in [0, 0.1) is 0 Å². The van der Waals surface area contributed by atoms with Crippen molar-refractivity contribution in [3.05, 3.63) is 29.8 Å². The summed E-state index contributed by atoms with van der Waals surface area (Å²) < 4.78 is 0. The van der Waals surface area contributed by atoms with Crippen LogP contribution >= 0.6 is 0 Å². The second-order valence-electron chi connectivity index (χ2n) is 7.42. The zero-order valence-corrected chi connectivity index (χ0v) is 15.2. The Hall–Kier alpha value is -1.55. The smallest absolute Gasteiger partial charge is 0.253 e. The van der Waals surface area contributed by atoms with Gasteiger partial charge in [0.05, 0.1) is 0 Å². The maximum absolute atomic E-state index is 12.9. The van der Waals surface area contributed by atoms with Gasteiger partial charge in [-0.3, -0.25) is 9.69 Å². The van der Waals surface area contributed by atoms with Gasteiger partial charge in [-0.1, -0.05) is 25.3 Å². The highest BCUT2D eigenvalue weighted by molar-refractivity contribution is 5.95. The second-order valence-corrected chi connectivity index (χ2v) is 7.42. The molecular formula is C20H31N3O. The maximum atomic E-state index is 12.9. The van der Waals surface area contributed by atoms with E-state index in [-0.39, 0.29) is 5.91 Å².